The van der Waals surface area contributed by atoms with Gasteiger partial charge in [-0.05, 0) is 60.9 Å². The maximum absolute atomic E-state index is 5.98. The van der Waals surface area contributed by atoms with Crippen molar-refractivity contribution in [2.75, 3.05) is 11.4 Å². The molecule has 1 aromatic heterocycles. The van der Waals surface area contributed by atoms with Crippen molar-refractivity contribution in [3.8, 4) is 0 Å². The van der Waals surface area contributed by atoms with Crippen molar-refractivity contribution in [2.45, 2.75) is 13.3 Å². The number of halogens is 1. The molecule has 21 heavy (non-hydrogen) atoms. The molecule has 2 aromatic carbocycles. The van der Waals surface area contributed by atoms with Gasteiger partial charge in [-0.15, -0.1) is 0 Å². The second kappa shape index (κ2) is 4.74. The number of hydrogen-bond acceptors (Lipinski definition) is 2. The normalized spacial score (nSPS) is 13.7. The van der Waals surface area contributed by atoms with Gasteiger partial charge in [-0.1, -0.05) is 23.7 Å². The lowest BCUT2D eigenvalue weighted by Gasteiger charge is -2.18. The summed E-state index contributed by atoms with van der Waals surface area (Å²) in [6.45, 7) is 3.07. The summed E-state index contributed by atoms with van der Waals surface area (Å²) in [5.74, 6) is 1.08. The van der Waals surface area contributed by atoms with E-state index >= 15 is 0 Å². The molecule has 2 nitrogen and oxygen atoms in total. The summed E-state index contributed by atoms with van der Waals surface area (Å²) in [6.07, 6.45) is 1.04. The molecule has 104 valence electrons. The Labute approximate surface area is 129 Å². The lowest BCUT2D eigenvalue weighted by molar-refractivity contribution is 0.991. The molecule has 0 fully saturated rings. The van der Waals surface area contributed by atoms with E-state index in [9.17, 15) is 0 Å². The minimum absolute atomic E-state index is 0.764. The Bertz CT molecular complexity index is 824. The van der Waals surface area contributed by atoms with Crippen LogP contribution < -0.4 is 4.90 Å². The first-order valence-corrected chi connectivity index (χ1v) is 7.52. The average Bonchev–Trinajstić information content (AvgIpc) is 2.88. The third-order valence-electron chi connectivity index (χ3n) is 4.03. The Hall–Kier alpha value is -2.06. The van der Waals surface area contributed by atoms with Gasteiger partial charge in [-0.2, -0.15) is 0 Å². The standard InChI is InChI=1S/C18H15ClN2/c1-12-2-3-13-11-14-8-9-21(18(14)20-17(13)10-12)16-6-4-15(19)5-7-16/h2-7,10-11H,8-9H2,1H3. The summed E-state index contributed by atoms with van der Waals surface area (Å²) in [7, 11) is 0. The first kappa shape index (κ1) is 12.7. The summed E-state index contributed by atoms with van der Waals surface area (Å²) in [6, 6.07) is 16.7. The predicted molar refractivity (Wildman–Crippen MR) is 88.6 cm³/mol. The number of rotatable bonds is 1. The fraction of sp³-hybridized carbons (Fsp3) is 0.167. The van der Waals surface area contributed by atoms with E-state index in [4.69, 9.17) is 16.6 Å². The third kappa shape index (κ3) is 2.16. The zero-order valence-corrected chi connectivity index (χ0v) is 12.6. The van der Waals surface area contributed by atoms with E-state index < -0.39 is 0 Å². The van der Waals surface area contributed by atoms with Crippen LogP contribution in [0.4, 0.5) is 11.5 Å². The summed E-state index contributed by atoms with van der Waals surface area (Å²) >= 11 is 5.98. The van der Waals surface area contributed by atoms with E-state index in [-0.39, 0.29) is 0 Å². The average molecular weight is 295 g/mol. The van der Waals surface area contributed by atoms with Crippen molar-refractivity contribution in [2.24, 2.45) is 0 Å². The van der Waals surface area contributed by atoms with Gasteiger partial charge in [0.05, 0.1) is 5.52 Å². The van der Waals surface area contributed by atoms with Crippen LogP contribution in [0.15, 0.2) is 48.5 Å². The van der Waals surface area contributed by atoms with Crippen molar-refractivity contribution < 1.29 is 0 Å². The quantitative estimate of drug-likeness (QED) is 0.635. The fourth-order valence-electron chi connectivity index (χ4n) is 2.94. The van der Waals surface area contributed by atoms with Gasteiger partial charge in [0, 0.05) is 22.6 Å². The number of anilines is 2. The fourth-order valence-corrected chi connectivity index (χ4v) is 3.06. The molecule has 0 aliphatic carbocycles. The van der Waals surface area contributed by atoms with E-state index in [1.54, 1.807) is 0 Å². The first-order valence-electron chi connectivity index (χ1n) is 7.14. The van der Waals surface area contributed by atoms with Gasteiger partial charge in [0.25, 0.3) is 0 Å². The maximum Gasteiger partial charge on any atom is 0.137 e. The van der Waals surface area contributed by atoms with Gasteiger partial charge < -0.3 is 4.90 Å². The van der Waals surface area contributed by atoms with Crippen LogP contribution in [0.25, 0.3) is 10.9 Å². The Morgan fingerprint density at radius 3 is 2.67 bits per heavy atom. The number of aryl methyl sites for hydroxylation is 1. The van der Waals surface area contributed by atoms with Crippen molar-refractivity contribution in [3.05, 3.63) is 64.7 Å². The number of benzene rings is 2. The monoisotopic (exact) mass is 294 g/mol. The summed E-state index contributed by atoms with van der Waals surface area (Å²) in [5, 5.41) is 1.98. The number of pyridine rings is 1. The second-order valence-corrected chi connectivity index (χ2v) is 5.98. The lowest BCUT2D eigenvalue weighted by Crippen LogP contribution is -2.14. The van der Waals surface area contributed by atoms with Crippen LogP contribution in [-0.4, -0.2) is 11.5 Å². The van der Waals surface area contributed by atoms with Gasteiger partial charge in [0.2, 0.25) is 0 Å². The zero-order valence-electron chi connectivity index (χ0n) is 11.8. The molecule has 4 rings (SSSR count). The maximum atomic E-state index is 5.98. The van der Waals surface area contributed by atoms with Crippen LogP contribution in [0.2, 0.25) is 5.02 Å². The topological polar surface area (TPSA) is 16.1 Å². The van der Waals surface area contributed by atoms with Gasteiger partial charge in [0.1, 0.15) is 5.82 Å². The molecule has 0 N–H and O–H groups in total. The van der Waals surface area contributed by atoms with Crippen molar-refractivity contribution in [1.29, 1.82) is 0 Å². The van der Waals surface area contributed by atoms with Gasteiger partial charge in [-0.25, -0.2) is 4.98 Å². The number of aromatic nitrogens is 1. The van der Waals surface area contributed by atoms with Crippen molar-refractivity contribution >= 4 is 34.0 Å². The molecule has 0 bridgehead atoms. The molecule has 3 aromatic rings. The molecule has 1 aliphatic rings. The highest BCUT2D eigenvalue weighted by Crippen LogP contribution is 2.35. The highest BCUT2D eigenvalue weighted by molar-refractivity contribution is 6.30. The summed E-state index contributed by atoms with van der Waals surface area (Å²) < 4.78 is 0. The predicted octanol–water partition coefficient (Wildman–Crippen LogP) is 4.89. The molecule has 0 unspecified atom stereocenters. The van der Waals surface area contributed by atoms with E-state index in [2.05, 4.69) is 48.2 Å². The molecule has 3 heteroatoms. The van der Waals surface area contributed by atoms with Crippen LogP contribution >= 0.6 is 11.6 Å². The van der Waals surface area contributed by atoms with E-state index in [0.717, 1.165) is 35.0 Å². The molecule has 0 atom stereocenters. The SMILES string of the molecule is Cc1ccc2cc3c(nc2c1)N(c1ccc(Cl)cc1)CC3. The molecule has 0 saturated carbocycles. The summed E-state index contributed by atoms with van der Waals surface area (Å²) in [4.78, 5) is 7.16. The van der Waals surface area contributed by atoms with Crippen LogP contribution in [0, 0.1) is 6.92 Å². The van der Waals surface area contributed by atoms with Crippen LogP contribution in [-0.2, 0) is 6.42 Å². The van der Waals surface area contributed by atoms with Crippen LogP contribution in [0.5, 0.6) is 0 Å². The van der Waals surface area contributed by atoms with Gasteiger partial charge in [0.15, 0.2) is 0 Å². The molecular weight excluding hydrogens is 280 g/mol. The third-order valence-corrected chi connectivity index (χ3v) is 4.28. The zero-order chi connectivity index (χ0) is 14.4. The van der Waals surface area contributed by atoms with E-state index in [1.165, 1.54) is 16.5 Å². The Kier molecular flexibility index (Phi) is 2.86. The first-order chi connectivity index (χ1) is 10.2. The van der Waals surface area contributed by atoms with Crippen LogP contribution in [0.1, 0.15) is 11.1 Å². The number of fused-ring (bicyclic) bond motifs is 2. The highest BCUT2D eigenvalue weighted by Gasteiger charge is 2.22. The molecule has 0 radical (unpaired) electrons. The number of hydrogen-bond donors (Lipinski definition) is 0. The largest absolute Gasteiger partial charge is 0.326 e. The van der Waals surface area contributed by atoms with E-state index in [1.807, 2.05) is 12.1 Å². The van der Waals surface area contributed by atoms with Gasteiger partial charge in [-0.3, -0.25) is 0 Å². The van der Waals surface area contributed by atoms with Gasteiger partial charge >= 0.3 is 0 Å². The second-order valence-electron chi connectivity index (χ2n) is 5.55. The Morgan fingerprint density at radius 1 is 1.05 bits per heavy atom. The lowest BCUT2D eigenvalue weighted by atomic mass is 10.1. The highest BCUT2D eigenvalue weighted by atomic mass is 35.5. The molecular formula is C18H15ClN2. The van der Waals surface area contributed by atoms with Crippen LogP contribution in [0.3, 0.4) is 0 Å². The number of nitrogens with zero attached hydrogens (tertiary/aromatic N) is 2. The van der Waals surface area contributed by atoms with Crippen molar-refractivity contribution in [3.63, 3.8) is 0 Å². The Morgan fingerprint density at radius 2 is 1.86 bits per heavy atom. The Balaban J connectivity index is 1.85. The van der Waals surface area contributed by atoms with Crippen molar-refractivity contribution in [1.82, 2.24) is 4.98 Å². The minimum atomic E-state index is 0.764. The smallest absolute Gasteiger partial charge is 0.137 e. The molecule has 0 saturated heterocycles. The molecule has 0 spiro atoms. The minimum Gasteiger partial charge on any atom is -0.326 e. The molecule has 1 aliphatic heterocycles. The van der Waals surface area contributed by atoms with E-state index in [0.29, 0.717) is 0 Å². The summed E-state index contributed by atoms with van der Waals surface area (Å²) in [5.41, 5.74) is 4.78. The molecule has 0 amide bonds. The molecule has 2 heterocycles.